The van der Waals surface area contributed by atoms with Gasteiger partial charge in [-0.3, -0.25) is 0 Å². The minimum Gasteiger partial charge on any atom is -0.486 e. The van der Waals surface area contributed by atoms with Gasteiger partial charge in [-0.15, -0.1) is 0 Å². The van der Waals surface area contributed by atoms with Crippen molar-refractivity contribution in [2.45, 2.75) is 65.1 Å². The largest absolute Gasteiger partial charge is 0.486 e. The lowest BCUT2D eigenvalue weighted by Crippen LogP contribution is -2.35. The Labute approximate surface area is 175 Å². The molecule has 0 aliphatic rings. The molecule has 0 aliphatic carbocycles. The molecule has 2 rings (SSSR count). The van der Waals surface area contributed by atoms with Crippen LogP contribution in [0.4, 0.5) is 4.79 Å². The summed E-state index contributed by atoms with van der Waals surface area (Å²) in [7, 11) is 1.76. The first kappa shape index (κ1) is 22.8. The Morgan fingerprint density at radius 1 is 1.03 bits per heavy atom. The van der Waals surface area contributed by atoms with Crippen LogP contribution in [0.3, 0.4) is 0 Å². The van der Waals surface area contributed by atoms with Gasteiger partial charge in [0.1, 0.15) is 17.5 Å². The van der Waals surface area contributed by atoms with E-state index in [2.05, 4.69) is 31.2 Å². The minimum atomic E-state index is -0.500. The Kier molecular flexibility index (Phi) is 8.56. The van der Waals surface area contributed by atoms with Gasteiger partial charge >= 0.3 is 6.09 Å². The lowest BCUT2D eigenvalue weighted by Gasteiger charge is -2.26. The summed E-state index contributed by atoms with van der Waals surface area (Å²) in [6, 6.07) is 18.5. The number of amides is 1. The Bertz CT molecular complexity index is 735. The predicted molar refractivity (Wildman–Crippen MR) is 118 cm³/mol. The molecule has 1 atom stereocenters. The van der Waals surface area contributed by atoms with Crippen molar-refractivity contribution in [2.24, 2.45) is 0 Å². The summed E-state index contributed by atoms with van der Waals surface area (Å²) in [6.45, 7) is 8.37. The molecule has 2 aromatic rings. The van der Waals surface area contributed by atoms with Crippen molar-refractivity contribution < 1.29 is 14.3 Å². The molecule has 0 radical (unpaired) electrons. The predicted octanol–water partition coefficient (Wildman–Crippen LogP) is 6.41. The van der Waals surface area contributed by atoms with E-state index in [9.17, 15) is 4.79 Å². The van der Waals surface area contributed by atoms with Gasteiger partial charge in [0.15, 0.2) is 0 Å². The number of aryl methyl sites for hydroxylation is 1. The highest BCUT2D eigenvalue weighted by Gasteiger charge is 2.21. The fraction of sp³-hybridized carbons (Fsp3) is 0.480. The van der Waals surface area contributed by atoms with Crippen molar-refractivity contribution in [1.29, 1.82) is 0 Å². The van der Waals surface area contributed by atoms with E-state index >= 15 is 0 Å². The van der Waals surface area contributed by atoms with Crippen LogP contribution in [-0.4, -0.2) is 30.2 Å². The number of ether oxygens (including phenoxy) is 2. The smallest absolute Gasteiger partial charge is 0.410 e. The highest BCUT2D eigenvalue weighted by molar-refractivity contribution is 5.67. The molecule has 1 unspecified atom stereocenters. The molecule has 1 amide bonds. The Hall–Kier alpha value is -2.49. The summed E-state index contributed by atoms with van der Waals surface area (Å²) in [4.78, 5) is 13.9. The molecule has 158 valence electrons. The first-order valence-corrected chi connectivity index (χ1v) is 10.5. The molecule has 2 aromatic carbocycles. The zero-order chi connectivity index (χ0) is 21.3. The zero-order valence-corrected chi connectivity index (χ0v) is 18.5. The van der Waals surface area contributed by atoms with Crippen molar-refractivity contribution in [2.75, 3.05) is 13.6 Å². The summed E-state index contributed by atoms with van der Waals surface area (Å²) in [5.41, 5.74) is 1.93. The Morgan fingerprint density at radius 2 is 1.69 bits per heavy atom. The second kappa shape index (κ2) is 10.9. The first-order chi connectivity index (χ1) is 13.8. The number of carbonyl (C=O) groups is 1. The lowest BCUT2D eigenvalue weighted by molar-refractivity contribution is 0.0278. The van der Waals surface area contributed by atoms with Crippen molar-refractivity contribution in [3.8, 4) is 5.75 Å². The van der Waals surface area contributed by atoms with Gasteiger partial charge in [-0.25, -0.2) is 4.79 Å². The van der Waals surface area contributed by atoms with Gasteiger partial charge in [0.05, 0.1) is 0 Å². The number of nitrogens with zero attached hydrogens (tertiary/aromatic N) is 1. The highest BCUT2D eigenvalue weighted by atomic mass is 16.6. The second-order valence-corrected chi connectivity index (χ2v) is 8.46. The van der Waals surface area contributed by atoms with Crippen molar-refractivity contribution in [1.82, 2.24) is 4.90 Å². The Balaban J connectivity index is 2.03. The summed E-state index contributed by atoms with van der Waals surface area (Å²) >= 11 is 0. The van der Waals surface area contributed by atoms with Crippen LogP contribution in [0.15, 0.2) is 54.6 Å². The maximum atomic E-state index is 12.3. The summed E-state index contributed by atoms with van der Waals surface area (Å²) in [5, 5.41) is 0. The summed E-state index contributed by atoms with van der Waals surface area (Å²) in [6.07, 6.45) is 3.72. The third kappa shape index (κ3) is 8.18. The molecular weight excluding hydrogens is 362 g/mol. The van der Waals surface area contributed by atoms with Gasteiger partial charge in [0.2, 0.25) is 0 Å². The average Bonchev–Trinajstić information content (AvgIpc) is 2.69. The normalized spacial score (nSPS) is 12.3. The molecule has 0 heterocycles. The van der Waals surface area contributed by atoms with Gasteiger partial charge in [0.25, 0.3) is 0 Å². The number of unbranched alkanes of at least 4 members (excludes halogenated alkanes) is 1. The molecule has 0 fully saturated rings. The van der Waals surface area contributed by atoms with Crippen LogP contribution in [-0.2, 0) is 11.2 Å². The Morgan fingerprint density at radius 3 is 2.28 bits per heavy atom. The van der Waals surface area contributed by atoms with Gasteiger partial charge in [0, 0.05) is 20.0 Å². The first-order valence-electron chi connectivity index (χ1n) is 10.5. The van der Waals surface area contributed by atoms with Crippen molar-refractivity contribution >= 4 is 6.09 Å². The number of rotatable bonds is 9. The van der Waals surface area contributed by atoms with Crippen LogP contribution >= 0.6 is 0 Å². The molecule has 4 heteroatoms. The molecule has 0 N–H and O–H groups in total. The molecule has 0 aliphatic heterocycles. The van der Waals surface area contributed by atoms with Crippen LogP contribution in [0, 0.1) is 0 Å². The highest BCUT2D eigenvalue weighted by Crippen LogP contribution is 2.26. The van der Waals surface area contributed by atoms with Gasteiger partial charge in [-0.1, -0.05) is 55.8 Å². The molecule has 0 aromatic heterocycles. The van der Waals surface area contributed by atoms with E-state index in [1.165, 1.54) is 18.4 Å². The van der Waals surface area contributed by atoms with Crippen molar-refractivity contribution in [3.05, 3.63) is 65.7 Å². The number of benzene rings is 2. The van der Waals surface area contributed by atoms with Gasteiger partial charge < -0.3 is 14.4 Å². The van der Waals surface area contributed by atoms with Crippen LogP contribution < -0.4 is 4.74 Å². The monoisotopic (exact) mass is 397 g/mol. The molecule has 0 saturated carbocycles. The fourth-order valence-electron chi connectivity index (χ4n) is 2.98. The third-order valence-electron chi connectivity index (χ3n) is 4.62. The standard InChI is InChI=1S/C25H35NO3/c1-6-7-11-20-14-16-22(17-15-20)28-23(21-12-9-8-10-13-21)18-19-26(5)24(27)29-25(2,3)4/h8-10,12-17,23H,6-7,11,18-19H2,1-5H3. The molecule has 0 bridgehead atoms. The van der Waals surface area contributed by atoms with E-state index in [0.29, 0.717) is 13.0 Å². The third-order valence-corrected chi connectivity index (χ3v) is 4.62. The number of hydrogen-bond acceptors (Lipinski definition) is 3. The van der Waals surface area contributed by atoms with E-state index in [4.69, 9.17) is 9.47 Å². The van der Waals surface area contributed by atoms with E-state index in [1.807, 2.05) is 51.1 Å². The van der Waals surface area contributed by atoms with E-state index in [0.717, 1.165) is 17.7 Å². The fourth-order valence-corrected chi connectivity index (χ4v) is 2.98. The van der Waals surface area contributed by atoms with Crippen LogP contribution in [0.1, 0.15) is 64.2 Å². The van der Waals surface area contributed by atoms with E-state index in [1.54, 1.807) is 11.9 Å². The second-order valence-electron chi connectivity index (χ2n) is 8.46. The topological polar surface area (TPSA) is 38.8 Å². The summed E-state index contributed by atoms with van der Waals surface area (Å²) < 4.78 is 11.8. The summed E-state index contributed by atoms with van der Waals surface area (Å²) in [5.74, 6) is 0.846. The molecule has 0 saturated heterocycles. The quantitative estimate of drug-likeness (QED) is 0.491. The van der Waals surface area contributed by atoms with Crippen LogP contribution in [0.2, 0.25) is 0 Å². The van der Waals surface area contributed by atoms with Gasteiger partial charge in [-0.2, -0.15) is 0 Å². The molecule has 0 spiro atoms. The lowest BCUT2D eigenvalue weighted by atomic mass is 10.1. The molecular formula is C25H35NO3. The average molecular weight is 398 g/mol. The molecule has 4 nitrogen and oxygen atoms in total. The van der Waals surface area contributed by atoms with Gasteiger partial charge in [-0.05, 0) is 56.9 Å². The van der Waals surface area contributed by atoms with Crippen LogP contribution in [0.5, 0.6) is 5.75 Å². The zero-order valence-electron chi connectivity index (χ0n) is 18.5. The number of hydrogen-bond donors (Lipinski definition) is 0. The number of carbonyl (C=O) groups excluding carboxylic acids is 1. The van der Waals surface area contributed by atoms with Crippen LogP contribution in [0.25, 0.3) is 0 Å². The maximum Gasteiger partial charge on any atom is 0.410 e. The van der Waals surface area contributed by atoms with E-state index < -0.39 is 5.60 Å². The van der Waals surface area contributed by atoms with E-state index in [-0.39, 0.29) is 12.2 Å². The van der Waals surface area contributed by atoms with Crippen molar-refractivity contribution in [3.63, 3.8) is 0 Å². The maximum absolute atomic E-state index is 12.3. The molecule has 29 heavy (non-hydrogen) atoms. The minimum absolute atomic E-state index is 0.137. The SMILES string of the molecule is CCCCc1ccc(OC(CCN(C)C(=O)OC(C)(C)C)c2ccccc2)cc1.